The van der Waals surface area contributed by atoms with Crippen LogP contribution in [0.15, 0.2) is 54.7 Å². The Bertz CT molecular complexity index is 815. The second kappa shape index (κ2) is 5.20. The first kappa shape index (κ1) is 13.1. The number of carbonyl (C=O) groups is 1. The molecule has 0 spiro atoms. The third-order valence-corrected chi connectivity index (χ3v) is 3.02. The minimum atomic E-state index is -1.05. The number of hydrogen-bond donors (Lipinski definition) is 1. The van der Waals surface area contributed by atoms with Crippen LogP contribution in [0.25, 0.3) is 10.8 Å². The number of hydrogen-bond acceptors (Lipinski definition) is 3. The van der Waals surface area contributed by atoms with Gasteiger partial charge in [-0.25, -0.2) is 14.2 Å². The molecule has 0 bridgehead atoms. The summed E-state index contributed by atoms with van der Waals surface area (Å²) < 4.78 is 18.5. The normalized spacial score (nSPS) is 10.5. The molecule has 104 valence electrons. The molecule has 21 heavy (non-hydrogen) atoms. The Morgan fingerprint density at radius 3 is 2.38 bits per heavy atom. The lowest BCUT2D eigenvalue weighted by atomic mass is 10.1. The van der Waals surface area contributed by atoms with Crippen LogP contribution in [0.1, 0.15) is 10.4 Å². The summed E-state index contributed by atoms with van der Waals surface area (Å²) in [7, 11) is 0. The molecule has 1 aromatic heterocycles. The molecule has 3 rings (SSSR count). The fraction of sp³-hybridized carbons (Fsp3) is 0. The molecule has 3 aromatic rings. The third-order valence-electron chi connectivity index (χ3n) is 3.02. The lowest BCUT2D eigenvalue weighted by molar-refractivity contribution is 0.0698. The molecule has 0 aliphatic rings. The van der Waals surface area contributed by atoms with E-state index < -0.39 is 5.97 Å². The number of halogens is 1. The molecule has 0 saturated carbocycles. The van der Waals surface area contributed by atoms with Gasteiger partial charge in [0.2, 0.25) is 5.88 Å². The van der Waals surface area contributed by atoms with Gasteiger partial charge in [-0.1, -0.05) is 18.2 Å². The second-order valence-corrected chi connectivity index (χ2v) is 4.38. The molecule has 0 amide bonds. The number of carboxylic acids is 1. The zero-order valence-electron chi connectivity index (χ0n) is 10.8. The van der Waals surface area contributed by atoms with Crippen molar-refractivity contribution in [1.82, 2.24) is 4.98 Å². The molecule has 0 fully saturated rings. The summed E-state index contributed by atoms with van der Waals surface area (Å²) in [5.74, 6) is -0.701. The monoisotopic (exact) mass is 283 g/mol. The largest absolute Gasteiger partial charge is 0.478 e. The van der Waals surface area contributed by atoms with Gasteiger partial charge in [0.1, 0.15) is 11.6 Å². The lowest BCUT2D eigenvalue weighted by Crippen LogP contribution is -2.00. The Morgan fingerprint density at radius 2 is 1.71 bits per heavy atom. The highest BCUT2D eigenvalue weighted by Crippen LogP contribution is 2.29. The maximum atomic E-state index is 12.9. The highest BCUT2D eigenvalue weighted by Gasteiger charge is 2.13. The molecule has 0 aliphatic heterocycles. The van der Waals surface area contributed by atoms with E-state index in [9.17, 15) is 14.3 Å². The van der Waals surface area contributed by atoms with E-state index in [1.165, 1.54) is 30.5 Å². The molecule has 1 heterocycles. The molecule has 0 saturated heterocycles. The van der Waals surface area contributed by atoms with Crippen molar-refractivity contribution >= 4 is 16.7 Å². The first-order valence-electron chi connectivity index (χ1n) is 6.19. The van der Waals surface area contributed by atoms with E-state index in [-0.39, 0.29) is 17.3 Å². The SMILES string of the molecule is O=C(O)c1cnc(Oc2ccc(F)cc2)c2ccccc12. The van der Waals surface area contributed by atoms with Gasteiger partial charge in [-0.2, -0.15) is 0 Å². The first-order chi connectivity index (χ1) is 10.1. The van der Waals surface area contributed by atoms with Gasteiger partial charge in [0.05, 0.1) is 5.56 Å². The van der Waals surface area contributed by atoms with E-state index in [4.69, 9.17) is 4.74 Å². The van der Waals surface area contributed by atoms with Crippen molar-refractivity contribution in [2.75, 3.05) is 0 Å². The zero-order valence-corrected chi connectivity index (χ0v) is 10.8. The average molecular weight is 283 g/mol. The van der Waals surface area contributed by atoms with Crippen LogP contribution in [0.3, 0.4) is 0 Å². The van der Waals surface area contributed by atoms with E-state index in [1.54, 1.807) is 24.3 Å². The number of benzene rings is 2. The maximum Gasteiger partial charge on any atom is 0.337 e. The predicted octanol–water partition coefficient (Wildman–Crippen LogP) is 3.86. The lowest BCUT2D eigenvalue weighted by Gasteiger charge is -2.09. The number of rotatable bonds is 3. The Kier molecular flexibility index (Phi) is 3.23. The molecule has 4 nitrogen and oxygen atoms in total. The molecule has 0 atom stereocenters. The number of pyridine rings is 1. The van der Waals surface area contributed by atoms with Crippen LogP contribution in [0, 0.1) is 5.82 Å². The Hall–Kier alpha value is -2.95. The van der Waals surface area contributed by atoms with Crippen molar-refractivity contribution < 1.29 is 19.0 Å². The summed E-state index contributed by atoms with van der Waals surface area (Å²) in [4.78, 5) is 15.2. The van der Waals surface area contributed by atoms with Crippen LogP contribution in [0.4, 0.5) is 4.39 Å². The van der Waals surface area contributed by atoms with Crippen molar-refractivity contribution in [3.8, 4) is 11.6 Å². The summed E-state index contributed by atoms with van der Waals surface area (Å²) in [6.45, 7) is 0. The van der Waals surface area contributed by atoms with Crippen LogP contribution in [-0.2, 0) is 0 Å². The van der Waals surface area contributed by atoms with Gasteiger partial charge >= 0.3 is 5.97 Å². The van der Waals surface area contributed by atoms with Crippen molar-refractivity contribution in [3.63, 3.8) is 0 Å². The Morgan fingerprint density at radius 1 is 1.05 bits per heavy atom. The van der Waals surface area contributed by atoms with E-state index in [0.29, 0.717) is 16.5 Å². The van der Waals surface area contributed by atoms with Crippen molar-refractivity contribution in [1.29, 1.82) is 0 Å². The van der Waals surface area contributed by atoms with Gasteiger partial charge < -0.3 is 9.84 Å². The third kappa shape index (κ3) is 2.53. The summed E-state index contributed by atoms with van der Waals surface area (Å²) >= 11 is 0. The van der Waals surface area contributed by atoms with Crippen molar-refractivity contribution in [2.24, 2.45) is 0 Å². The quantitative estimate of drug-likeness (QED) is 0.792. The van der Waals surface area contributed by atoms with Gasteiger partial charge in [-0.3, -0.25) is 0 Å². The average Bonchev–Trinajstić information content (AvgIpc) is 2.49. The van der Waals surface area contributed by atoms with Crippen molar-refractivity contribution in [2.45, 2.75) is 0 Å². The summed E-state index contributed by atoms with van der Waals surface area (Å²) in [6.07, 6.45) is 1.25. The van der Waals surface area contributed by atoms with Gasteiger partial charge in [0.15, 0.2) is 0 Å². The maximum absolute atomic E-state index is 12.9. The topological polar surface area (TPSA) is 59.4 Å². The summed E-state index contributed by atoms with van der Waals surface area (Å²) in [5.41, 5.74) is 0.108. The van der Waals surface area contributed by atoms with E-state index >= 15 is 0 Å². The van der Waals surface area contributed by atoms with Gasteiger partial charge in [-0.15, -0.1) is 0 Å². The van der Waals surface area contributed by atoms with Crippen LogP contribution in [0.5, 0.6) is 11.6 Å². The smallest absolute Gasteiger partial charge is 0.337 e. The summed E-state index contributed by atoms with van der Waals surface area (Å²) in [6, 6.07) is 12.5. The Balaban J connectivity index is 2.09. The minimum absolute atomic E-state index is 0.108. The fourth-order valence-electron chi connectivity index (χ4n) is 2.03. The van der Waals surface area contributed by atoms with Crippen molar-refractivity contribution in [3.05, 3.63) is 66.1 Å². The van der Waals surface area contributed by atoms with E-state index in [0.717, 1.165) is 0 Å². The minimum Gasteiger partial charge on any atom is -0.478 e. The molecule has 1 N–H and O–H groups in total. The molecule has 0 radical (unpaired) electrons. The number of carboxylic acid groups (broad SMARTS) is 1. The standard InChI is InChI=1S/C16H10FNO3/c17-10-5-7-11(8-6-10)21-15-13-4-2-1-3-12(13)14(9-18-15)16(19)20/h1-9H,(H,19,20). The molecule has 2 aromatic carbocycles. The van der Waals surface area contributed by atoms with Gasteiger partial charge in [0, 0.05) is 17.0 Å². The number of aromatic carboxylic acids is 1. The zero-order chi connectivity index (χ0) is 14.8. The molecule has 0 unspecified atom stereocenters. The number of aromatic nitrogens is 1. The van der Waals surface area contributed by atoms with Gasteiger partial charge in [-0.05, 0) is 30.3 Å². The molecular formula is C16H10FNO3. The summed E-state index contributed by atoms with van der Waals surface area (Å²) in [5, 5.41) is 10.3. The predicted molar refractivity (Wildman–Crippen MR) is 75.2 cm³/mol. The van der Waals surface area contributed by atoms with Crippen LogP contribution in [-0.4, -0.2) is 16.1 Å². The Labute approximate surface area is 119 Å². The first-order valence-corrected chi connectivity index (χ1v) is 6.19. The van der Waals surface area contributed by atoms with E-state index in [2.05, 4.69) is 4.98 Å². The number of nitrogens with zero attached hydrogens (tertiary/aromatic N) is 1. The number of fused-ring (bicyclic) bond motifs is 1. The van der Waals surface area contributed by atoms with E-state index in [1.807, 2.05) is 0 Å². The molecule has 5 heteroatoms. The molecule has 0 aliphatic carbocycles. The van der Waals surface area contributed by atoms with Crippen LogP contribution < -0.4 is 4.74 Å². The number of ether oxygens (including phenoxy) is 1. The molecular weight excluding hydrogens is 273 g/mol. The van der Waals surface area contributed by atoms with Crippen LogP contribution in [0.2, 0.25) is 0 Å². The van der Waals surface area contributed by atoms with Gasteiger partial charge in [0.25, 0.3) is 0 Å². The van der Waals surface area contributed by atoms with Crippen LogP contribution >= 0.6 is 0 Å². The highest BCUT2D eigenvalue weighted by atomic mass is 19.1. The fourth-order valence-corrected chi connectivity index (χ4v) is 2.03. The second-order valence-electron chi connectivity index (χ2n) is 4.38. The highest BCUT2D eigenvalue weighted by molar-refractivity contribution is 6.04.